The van der Waals surface area contributed by atoms with Crippen molar-refractivity contribution in [1.82, 2.24) is 9.47 Å². The van der Waals surface area contributed by atoms with Gasteiger partial charge in [-0.25, -0.2) is 0 Å². The van der Waals surface area contributed by atoms with Gasteiger partial charge < -0.3 is 9.67 Å². The first-order chi connectivity index (χ1) is 8.09. The van der Waals surface area contributed by atoms with Gasteiger partial charge in [0, 0.05) is 25.4 Å². The standard InChI is InChI=1S/C13H20N2O2/c1-10-8-12(16)13(17)11(14(10)2)9-15-6-4-3-5-7-15/h8,17H,3-7,9H2,1-2H3. The van der Waals surface area contributed by atoms with E-state index in [-0.39, 0.29) is 11.2 Å². The fourth-order valence-corrected chi connectivity index (χ4v) is 2.38. The van der Waals surface area contributed by atoms with Gasteiger partial charge in [0.1, 0.15) is 0 Å². The molecule has 0 saturated carbocycles. The molecule has 0 amide bonds. The van der Waals surface area contributed by atoms with Crippen molar-refractivity contribution < 1.29 is 5.11 Å². The van der Waals surface area contributed by atoms with Crippen molar-refractivity contribution >= 4 is 0 Å². The molecule has 4 nitrogen and oxygen atoms in total. The van der Waals surface area contributed by atoms with Crippen LogP contribution in [0.1, 0.15) is 30.7 Å². The van der Waals surface area contributed by atoms with E-state index in [1.165, 1.54) is 25.3 Å². The molecule has 4 heteroatoms. The van der Waals surface area contributed by atoms with Gasteiger partial charge in [-0.05, 0) is 32.9 Å². The lowest BCUT2D eigenvalue weighted by Gasteiger charge is -2.27. The summed E-state index contributed by atoms with van der Waals surface area (Å²) in [7, 11) is 1.90. The molecule has 1 aliphatic heterocycles. The highest BCUT2D eigenvalue weighted by Crippen LogP contribution is 2.18. The van der Waals surface area contributed by atoms with Crippen LogP contribution in [0, 0.1) is 6.92 Å². The number of pyridine rings is 1. The Labute approximate surface area is 101 Å². The number of aromatic nitrogens is 1. The Hall–Kier alpha value is -1.29. The highest BCUT2D eigenvalue weighted by Gasteiger charge is 2.16. The fraction of sp³-hybridized carbons (Fsp3) is 0.615. The SMILES string of the molecule is Cc1cc(=O)c(O)c(CN2CCCCC2)n1C. The van der Waals surface area contributed by atoms with Crippen molar-refractivity contribution in [2.45, 2.75) is 32.7 Å². The summed E-state index contributed by atoms with van der Waals surface area (Å²) in [4.78, 5) is 13.9. The topological polar surface area (TPSA) is 45.5 Å². The monoisotopic (exact) mass is 236 g/mol. The molecule has 17 heavy (non-hydrogen) atoms. The molecule has 1 aromatic heterocycles. The molecule has 1 saturated heterocycles. The summed E-state index contributed by atoms with van der Waals surface area (Å²) in [5.74, 6) is -0.0938. The van der Waals surface area contributed by atoms with Gasteiger partial charge in [-0.2, -0.15) is 0 Å². The van der Waals surface area contributed by atoms with Gasteiger partial charge in [-0.3, -0.25) is 9.69 Å². The van der Waals surface area contributed by atoms with Crippen molar-refractivity contribution in [1.29, 1.82) is 0 Å². The van der Waals surface area contributed by atoms with Gasteiger partial charge in [-0.1, -0.05) is 6.42 Å². The molecule has 0 aromatic carbocycles. The lowest BCUT2D eigenvalue weighted by atomic mass is 10.1. The average Bonchev–Trinajstić information content (AvgIpc) is 2.33. The van der Waals surface area contributed by atoms with E-state index in [2.05, 4.69) is 4.90 Å². The van der Waals surface area contributed by atoms with Gasteiger partial charge in [0.05, 0.1) is 5.69 Å². The second-order valence-electron chi connectivity index (χ2n) is 4.84. The Kier molecular flexibility index (Phi) is 3.52. The minimum atomic E-state index is -0.271. The second-order valence-corrected chi connectivity index (χ2v) is 4.84. The predicted octanol–water partition coefficient (Wildman–Crippen LogP) is 1.39. The summed E-state index contributed by atoms with van der Waals surface area (Å²) in [5.41, 5.74) is 1.35. The van der Waals surface area contributed by atoms with Crippen LogP contribution >= 0.6 is 0 Å². The molecule has 1 fully saturated rings. The zero-order valence-electron chi connectivity index (χ0n) is 10.6. The zero-order chi connectivity index (χ0) is 12.4. The summed E-state index contributed by atoms with van der Waals surface area (Å²) in [6, 6.07) is 1.48. The summed E-state index contributed by atoms with van der Waals surface area (Å²) in [6.07, 6.45) is 3.70. The highest BCUT2D eigenvalue weighted by molar-refractivity contribution is 5.29. The summed E-state index contributed by atoms with van der Waals surface area (Å²) in [5, 5.41) is 9.87. The lowest BCUT2D eigenvalue weighted by molar-refractivity contribution is 0.213. The van der Waals surface area contributed by atoms with Crippen LogP contribution in [0.2, 0.25) is 0 Å². The molecule has 0 bridgehead atoms. The van der Waals surface area contributed by atoms with Crippen LogP contribution in [-0.2, 0) is 13.6 Å². The van der Waals surface area contributed by atoms with E-state index in [9.17, 15) is 9.90 Å². The first-order valence-electron chi connectivity index (χ1n) is 6.20. The van der Waals surface area contributed by atoms with Crippen LogP contribution in [-0.4, -0.2) is 27.7 Å². The number of hydrogen-bond donors (Lipinski definition) is 1. The molecule has 2 heterocycles. The molecule has 1 aliphatic rings. The maximum Gasteiger partial charge on any atom is 0.223 e. The Morgan fingerprint density at radius 2 is 1.94 bits per heavy atom. The number of likely N-dealkylation sites (tertiary alicyclic amines) is 1. The first kappa shape index (κ1) is 12.2. The van der Waals surface area contributed by atoms with Crippen LogP contribution in [0.3, 0.4) is 0 Å². The third-order valence-electron chi connectivity index (χ3n) is 3.60. The Morgan fingerprint density at radius 3 is 2.59 bits per heavy atom. The second kappa shape index (κ2) is 4.92. The summed E-state index contributed by atoms with van der Waals surface area (Å²) < 4.78 is 1.91. The van der Waals surface area contributed by atoms with Gasteiger partial charge in [0.25, 0.3) is 0 Å². The highest BCUT2D eigenvalue weighted by atomic mass is 16.3. The van der Waals surface area contributed by atoms with E-state index in [0.29, 0.717) is 6.54 Å². The average molecular weight is 236 g/mol. The number of hydrogen-bond acceptors (Lipinski definition) is 3. The smallest absolute Gasteiger partial charge is 0.223 e. The maximum atomic E-state index is 11.6. The minimum Gasteiger partial charge on any atom is -0.503 e. The van der Waals surface area contributed by atoms with Crippen molar-refractivity contribution in [3.8, 4) is 5.75 Å². The molecule has 0 unspecified atom stereocenters. The van der Waals surface area contributed by atoms with Crippen molar-refractivity contribution in [3.63, 3.8) is 0 Å². The number of aromatic hydroxyl groups is 1. The van der Waals surface area contributed by atoms with Gasteiger partial charge in [-0.15, -0.1) is 0 Å². The first-order valence-corrected chi connectivity index (χ1v) is 6.20. The molecule has 1 aromatic rings. The molecule has 0 spiro atoms. The summed E-state index contributed by atoms with van der Waals surface area (Å²) >= 11 is 0. The van der Waals surface area contributed by atoms with E-state index < -0.39 is 0 Å². The number of rotatable bonds is 2. The molecule has 2 rings (SSSR count). The third-order valence-corrected chi connectivity index (χ3v) is 3.60. The van der Waals surface area contributed by atoms with Gasteiger partial charge >= 0.3 is 0 Å². The van der Waals surface area contributed by atoms with Crippen LogP contribution in [0.25, 0.3) is 0 Å². The number of aryl methyl sites for hydroxylation is 1. The van der Waals surface area contributed by atoms with Crippen LogP contribution in [0.5, 0.6) is 5.75 Å². The quantitative estimate of drug-likeness (QED) is 0.844. The van der Waals surface area contributed by atoms with Crippen LogP contribution in [0.15, 0.2) is 10.9 Å². The van der Waals surface area contributed by atoms with Gasteiger partial charge in [0.15, 0.2) is 5.75 Å². The van der Waals surface area contributed by atoms with Crippen molar-refractivity contribution in [2.75, 3.05) is 13.1 Å². The van der Waals surface area contributed by atoms with E-state index in [1.807, 2.05) is 18.5 Å². The lowest BCUT2D eigenvalue weighted by Crippen LogP contribution is -2.31. The largest absolute Gasteiger partial charge is 0.503 e. The maximum absolute atomic E-state index is 11.6. The van der Waals surface area contributed by atoms with Crippen LogP contribution in [0.4, 0.5) is 0 Å². The zero-order valence-corrected chi connectivity index (χ0v) is 10.6. The fourth-order valence-electron chi connectivity index (χ4n) is 2.38. The van der Waals surface area contributed by atoms with E-state index >= 15 is 0 Å². The van der Waals surface area contributed by atoms with E-state index in [0.717, 1.165) is 24.5 Å². The molecule has 94 valence electrons. The van der Waals surface area contributed by atoms with E-state index in [4.69, 9.17) is 0 Å². The predicted molar refractivity (Wildman–Crippen MR) is 67.2 cm³/mol. The van der Waals surface area contributed by atoms with Crippen molar-refractivity contribution in [3.05, 3.63) is 27.7 Å². The molecule has 0 aliphatic carbocycles. The molecular weight excluding hydrogens is 216 g/mol. The van der Waals surface area contributed by atoms with E-state index in [1.54, 1.807) is 0 Å². The number of piperidine rings is 1. The normalized spacial score (nSPS) is 17.3. The number of nitrogens with zero attached hydrogens (tertiary/aromatic N) is 2. The minimum absolute atomic E-state index is 0.0938. The molecule has 1 N–H and O–H groups in total. The third kappa shape index (κ3) is 2.52. The Bertz CT molecular complexity index is 459. The summed E-state index contributed by atoms with van der Waals surface area (Å²) in [6.45, 7) is 4.67. The Balaban J connectivity index is 2.28. The molecule has 0 atom stereocenters. The molecule has 0 radical (unpaired) electrons. The van der Waals surface area contributed by atoms with Gasteiger partial charge in [0.2, 0.25) is 5.43 Å². The Morgan fingerprint density at radius 1 is 1.29 bits per heavy atom. The van der Waals surface area contributed by atoms with Crippen molar-refractivity contribution in [2.24, 2.45) is 7.05 Å². The molecular formula is C13H20N2O2. The van der Waals surface area contributed by atoms with Crippen LogP contribution < -0.4 is 5.43 Å².